The van der Waals surface area contributed by atoms with Crippen LogP contribution in [0.15, 0.2) is 54.7 Å². The molecule has 1 fully saturated rings. The maximum Gasteiger partial charge on any atom is 0.248 e. The number of hydrogen-bond acceptors (Lipinski definition) is 6. The average molecular weight is 452 g/mol. The van der Waals surface area contributed by atoms with Gasteiger partial charge in [-0.3, -0.25) is 14.7 Å². The minimum atomic E-state index is -0.212. The molecule has 0 bridgehead atoms. The number of pyridine rings is 1. The summed E-state index contributed by atoms with van der Waals surface area (Å²) in [5.41, 5.74) is 4.75. The lowest BCUT2D eigenvalue weighted by atomic mass is 10.0. The highest BCUT2D eigenvalue weighted by Gasteiger charge is 2.13. The van der Waals surface area contributed by atoms with E-state index in [2.05, 4.69) is 32.5 Å². The third-order valence-corrected chi connectivity index (χ3v) is 5.63. The Labute approximate surface area is 199 Å². The molecule has 4 rings (SSSR count). The largest absolute Gasteiger partial charge is 0.379 e. The summed E-state index contributed by atoms with van der Waals surface area (Å²) in [4.78, 5) is 19.2. The summed E-state index contributed by atoms with van der Waals surface area (Å²) in [6.45, 7) is 5.79. The minimum absolute atomic E-state index is 0.212. The number of nitrogens with one attached hydrogen (secondary N) is 2. The van der Waals surface area contributed by atoms with Gasteiger partial charge < -0.3 is 15.4 Å². The van der Waals surface area contributed by atoms with Gasteiger partial charge in [0, 0.05) is 54.2 Å². The lowest BCUT2D eigenvalue weighted by molar-refractivity contribution is -0.111. The van der Waals surface area contributed by atoms with Crippen molar-refractivity contribution in [2.24, 2.45) is 0 Å². The van der Waals surface area contributed by atoms with E-state index in [-0.39, 0.29) is 5.91 Å². The normalized spacial score (nSPS) is 14.0. The highest BCUT2D eigenvalue weighted by molar-refractivity contribution is 6.04. The smallest absolute Gasteiger partial charge is 0.248 e. The van der Waals surface area contributed by atoms with Crippen molar-refractivity contribution in [3.63, 3.8) is 0 Å². The molecule has 2 heterocycles. The van der Waals surface area contributed by atoms with Crippen LogP contribution in [0.2, 0.25) is 0 Å². The highest BCUT2D eigenvalue weighted by atomic mass is 16.5. The van der Waals surface area contributed by atoms with E-state index in [0.29, 0.717) is 29.0 Å². The van der Waals surface area contributed by atoms with Crippen LogP contribution < -0.4 is 10.6 Å². The first-order valence-corrected chi connectivity index (χ1v) is 11.0. The summed E-state index contributed by atoms with van der Waals surface area (Å²) in [6.07, 6.45) is 10.5. The Hall–Kier alpha value is -4.17. The molecular weight excluding hydrogens is 426 g/mol. The van der Waals surface area contributed by atoms with Crippen molar-refractivity contribution in [1.29, 1.82) is 5.26 Å². The Morgan fingerprint density at radius 3 is 2.88 bits per heavy atom. The molecule has 1 saturated heterocycles. The Morgan fingerprint density at radius 2 is 2.12 bits per heavy atom. The lowest BCUT2D eigenvalue weighted by Gasteiger charge is -2.25. The van der Waals surface area contributed by atoms with E-state index < -0.39 is 0 Å². The van der Waals surface area contributed by atoms with Gasteiger partial charge in [0.1, 0.15) is 6.07 Å². The number of ether oxygens (including phenoxy) is 1. The first-order valence-electron chi connectivity index (χ1n) is 11.0. The molecule has 1 aromatic heterocycles. The van der Waals surface area contributed by atoms with Gasteiger partial charge >= 0.3 is 0 Å². The molecule has 0 saturated carbocycles. The molecule has 1 aliphatic rings. The maximum absolute atomic E-state index is 12.6. The van der Waals surface area contributed by atoms with Crippen molar-refractivity contribution in [2.45, 2.75) is 6.92 Å². The molecule has 0 radical (unpaired) electrons. The van der Waals surface area contributed by atoms with Crippen LogP contribution in [-0.2, 0) is 9.53 Å². The fraction of sp³-hybridized carbons (Fsp3) is 0.222. The maximum atomic E-state index is 12.6. The van der Waals surface area contributed by atoms with E-state index >= 15 is 0 Å². The zero-order valence-corrected chi connectivity index (χ0v) is 19.0. The van der Waals surface area contributed by atoms with Crippen LogP contribution in [0.5, 0.6) is 0 Å². The lowest BCUT2D eigenvalue weighted by Crippen LogP contribution is -2.36. The van der Waals surface area contributed by atoms with Gasteiger partial charge in [-0.15, -0.1) is 6.42 Å². The van der Waals surface area contributed by atoms with Gasteiger partial charge in [0.2, 0.25) is 5.91 Å². The van der Waals surface area contributed by atoms with E-state index in [1.807, 2.05) is 49.4 Å². The first kappa shape index (κ1) is 23.0. The number of benzene rings is 2. The van der Waals surface area contributed by atoms with Crippen LogP contribution >= 0.6 is 0 Å². The molecule has 2 N–H and O–H groups in total. The van der Waals surface area contributed by atoms with Crippen molar-refractivity contribution in [2.75, 3.05) is 43.5 Å². The van der Waals surface area contributed by atoms with Gasteiger partial charge in [-0.1, -0.05) is 18.1 Å². The quantitative estimate of drug-likeness (QED) is 0.435. The summed E-state index contributed by atoms with van der Waals surface area (Å²) in [5, 5.41) is 16.7. The van der Waals surface area contributed by atoms with Gasteiger partial charge in [-0.25, -0.2) is 0 Å². The molecule has 7 nitrogen and oxygen atoms in total. The predicted octanol–water partition coefficient (Wildman–Crippen LogP) is 3.97. The number of carbonyl (C=O) groups excluding carboxylic acids is 1. The minimum Gasteiger partial charge on any atom is -0.379 e. The number of morpholine rings is 1. The van der Waals surface area contributed by atoms with Crippen LogP contribution in [0.4, 0.5) is 17.1 Å². The zero-order valence-electron chi connectivity index (χ0n) is 19.0. The number of hydrogen-bond donors (Lipinski definition) is 2. The van der Waals surface area contributed by atoms with Gasteiger partial charge in [0.15, 0.2) is 0 Å². The summed E-state index contributed by atoms with van der Waals surface area (Å²) >= 11 is 0. The summed E-state index contributed by atoms with van der Waals surface area (Å²) < 4.78 is 5.35. The van der Waals surface area contributed by atoms with Crippen molar-refractivity contribution in [3.05, 3.63) is 71.4 Å². The molecule has 0 atom stereocenters. The SMILES string of the molecule is C#Cc1cccc(Nc2c(C#N)cnc3cc(C)c(NC(=O)/C=C/CN4CCOCC4)cc23)c1. The number of amides is 1. The second-order valence-corrected chi connectivity index (χ2v) is 8.00. The summed E-state index contributed by atoms with van der Waals surface area (Å²) in [5.74, 6) is 2.40. The van der Waals surface area contributed by atoms with E-state index in [4.69, 9.17) is 11.2 Å². The molecule has 170 valence electrons. The monoisotopic (exact) mass is 451 g/mol. The van der Waals surface area contributed by atoms with Crippen molar-refractivity contribution in [1.82, 2.24) is 9.88 Å². The van der Waals surface area contributed by atoms with Crippen LogP contribution in [-0.4, -0.2) is 48.6 Å². The molecule has 7 heteroatoms. The molecular formula is C27H25N5O2. The van der Waals surface area contributed by atoms with E-state index in [1.165, 1.54) is 0 Å². The Balaban J connectivity index is 1.60. The third-order valence-electron chi connectivity index (χ3n) is 5.63. The van der Waals surface area contributed by atoms with E-state index in [9.17, 15) is 10.1 Å². The van der Waals surface area contributed by atoms with Gasteiger partial charge in [0.25, 0.3) is 0 Å². The molecule has 1 amide bonds. The number of aromatic nitrogens is 1. The van der Waals surface area contributed by atoms with Crippen LogP contribution in [0, 0.1) is 30.6 Å². The first-order chi connectivity index (χ1) is 16.6. The topological polar surface area (TPSA) is 90.3 Å². The standard InChI is InChI=1S/C27H25N5O2/c1-3-20-6-4-7-22(15-20)30-27-21(17-28)18-29-25-14-19(2)24(16-23(25)27)31-26(33)8-5-9-32-10-12-34-13-11-32/h1,4-8,14-16,18H,9-13H2,2H3,(H,29,30)(H,31,33)/b8-5+. The second-order valence-electron chi connectivity index (χ2n) is 8.00. The molecule has 34 heavy (non-hydrogen) atoms. The number of nitrogens with zero attached hydrogens (tertiary/aromatic N) is 3. The van der Waals surface area contributed by atoms with Gasteiger partial charge in [-0.05, 0) is 42.8 Å². The number of anilines is 3. The molecule has 1 aliphatic heterocycles. The second kappa shape index (κ2) is 10.6. The molecule has 0 aliphatic carbocycles. The van der Waals surface area contributed by atoms with Crippen LogP contribution in [0.25, 0.3) is 10.9 Å². The van der Waals surface area contributed by atoms with E-state index in [1.54, 1.807) is 12.3 Å². The predicted molar refractivity (Wildman–Crippen MR) is 134 cm³/mol. The van der Waals surface area contributed by atoms with E-state index in [0.717, 1.165) is 48.5 Å². The summed E-state index contributed by atoms with van der Waals surface area (Å²) in [6, 6.07) is 13.3. The fourth-order valence-electron chi connectivity index (χ4n) is 3.80. The van der Waals surface area contributed by atoms with Crippen LogP contribution in [0.1, 0.15) is 16.7 Å². The van der Waals surface area contributed by atoms with Gasteiger partial charge in [-0.2, -0.15) is 5.26 Å². The number of rotatable bonds is 6. The Morgan fingerprint density at radius 1 is 1.29 bits per heavy atom. The molecule has 2 aromatic carbocycles. The number of aryl methyl sites for hydroxylation is 1. The molecule has 0 unspecified atom stereocenters. The Kier molecular flexibility index (Phi) is 7.19. The number of carbonyl (C=O) groups is 1. The van der Waals surface area contributed by atoms with Crippen molar-refractivity contribution >= 4 is 33.9 Å². The number of terminal acetylenes is 1. The number of fused-ring (bicyclic) bond motifs is 1. The highest BCUT2D eigenvalue weighted by Crippen LogP contribution is 2.32. The molecule has 3 aromatic rings. The number of nitriles is 1. The molecule has 0 spiro atoms. The van der Waals surface area contributed by atoms with Crippen molar-refractivity contribution < 1.29 is 9.53 Å². The summed E-state index contributed by atoms with van der Waals surface area (Å²) in [7, 11) is 0. The van der Waals surface area contributed by atoms with Crippen LogP contribution in [0.3, 0.4) is 0 Å². The fourth-order valence-corrected chi connectivity index (χ4v) is 3.80. The third kappa shape index (κ3) is 5.41. The average Bonchev–Trinajstić information content (AvgIpc) is 2.86. The van der Waals surface area contributed by atoms with Crippen molar-refractivity contribution in [3.8, 4) is 18.4 Å². The Bertz CT molecular complexity index is 1330. The van der Waals surface area contributed by atoms with Gasteiger partial charge in [0.05, 0.1) is 30.0 Å². The zero-order chi connectivity index (χ0) is 23.9.